The van der Waals surface area contributed by atoms with Crippen molar-refractivity contribution >= 4 is 0 Å². The van der Waals surface area contributed by atoms with Gasteiger partial charge >= 0.3 is 0 Å². The smallest absolute Gasteiger partial charge is 0.161 e. The Hall–Kier alpha value is -1.75. The zero-order valence-electron chi connectivity index (χ0n) is 12.9. The van der Waals surface area contributed by atoms with Gasteiger partial charge in [0.1, 0.15) is 17.2 Å². The van der Waals surface area contributed by atoms with E-state index in [4.69, 9.17) is 9.15 Å². The van der Waals surface area contributed by atoms with Crippen LogP contribution in [0.4, 0.5) is 0 Å². The fourth-order valence-corrected chi connectivity index (χ4v) is 2.49. The molecule has 2 heterocycles. The largest absolute Gasteiger partial charge is 0.493 e. The van der Waals surface area contributed by atoms with Gasteiger partial charge in [-0.2, -0.15) is 5.10 Å². The summed E-state index contributed by atoms with van der Waals surface area (Å²) in [5, 5.41) is 7.86. The van der Waals surface area contributed by atoms with Crippen LogP contribution in [0.1, 0.15) is 42.2 Å². The standard InChI is InChI=1S/C15H23N3O2/c1-6-7-16-14(12-8-10(2)20-11(12)3)15-13(19-5)9-17-18(15)4/h8-9,14,16H,6-7H2,1-5H3. The van der Waals surface area contributed by atoms with E-state index >= 15 is 0 Å². The van der Waals surface area contributed by atoms with E-state index in [9.17, 15) is 0 Å². The molecule has 0 aliphatic heterocycles. The third-order valence-electron chi connectivity index (χ3n) is 3.43. The Morgan fingerprint density at radius 1 is 1.45 bits per heavy atom. The molecule has 0 radical (unpaired) electrons. The zero-order valence-corrected chi connectivity index (χ0v) is 12.9. The van der Waals surface area contributed by atoms with Crippen LogP contribution in [0.15, 0.2) is 16.7 Å². The number of rotatable bonds is 6. The first-order valence-electron chi connectivity index (χ1n) is 6.94. The van der Waals surface area contributed by atoms with Gasteiger partial charge in [-0.05, 0) is 32.9 Å². The monoisotopic (exact) mass is 277 g/mol. The first kappa shape index (κ1) is 14.7. The molecule has 0 amide bonds. The molecule has 2 aromatic heterocycles. The molecule has 0 spiro atoms. The Morgan fingerprint density at radius 3 is 2.75 bits per heavy atom. The molecule has 0 saturated heterocycles. The molecule has 1 atom stereocenters. The van der Waals surface area contributed by atoms with Gasteiger partial charge in [0.25, 0.3) is 0 Å². The molecule has 2 aromatic rings. The summed E-state index contributed by atoms with van der Waals surface area (Å²) in [6.45, 7) is 7.03. The summed E-state index contributed by atoms with van der Waals surface area (Å²) < 4.78 is 13.0. The summed E-state index contributed by atoms with van der Waals surface area (Å²) >= 11 is 0. The lowest BCUT2D eigenvalue weighted by Crippen LogP contribution is -2.26. The van der Waals surface area contributed by atoms with Gasteiger partial charge in [0.15, 0.2) is 5.75 Å². The predicted molar refractivity (Wildman–Crippen MR) is 78.1 cm³/mol. The highest BCUT2D eigenvalue weighted by Crippen LogP contribution is 2.32. The first-order valence-corrected chi connectivity index (χ1v) is 6.94. The maximum absolute atomic E-state index is 5.68. The molecule has 0 fully saturated rings. The van der Waals surface area contributed by atoms with Crippen molar-refractivity contribution in [3.63, 3.8) is 0 Å². The van der Waals surface area contributed by atoms with E-state index in [0.717, 1.165) is 41.5 Å². The van der Waals surface area contributed by atoms with Crippen LogP contribution in [0.3, 0.4) is 0 Å². The Kier molecular flexibility index (Phi) is 4.49. The summed E-state index contributed by atoms with van der Waals surface area (Å²) in [5.41, 5.74) is 2.16. The summed E-state index contributed by atoms with van der Waals surface area (Å²) in [4.78, 5) is 0. The molecule has 0 aromatic carbocycles. The molecule has 0 bridgehead atoms. The molecule has 5 heteroatoms. The fraction of sp³-hybridized carbons (Fsp3) is 0.533. The number of hydrogen-bond acceptors (Lipinski definition) is 4. The van der Waals surface area contributed by atoms with E-state index in [1.165, 1.54) is 0 Å². The highest BCUT2D eigenvalue weighted by atomic mass is 16.5. The summed E-state index contributed by atoms with van der Waals surface area (Å²) in [6.07, 6.45) is 2.81. The van der Waals surface area contributed by atoms with Crippen molar-refractivity contribution in [2.75, 3.05) is 13.7 Å². The molecule has 1 unspecified atom stereocenters. The van der Waals surface area contributed by atoms with Gasteiger partial charge in [-0.15, -0.1) is 0 Å². The molecule has 0 saturated carbocycles. The van der Waals surface area contributed by atoms with Gasteiger partial charge in [-0.1, -0.05) is 6.92 Å². The predicted octanol–water partition coefficient (Wildman–Crippen LogP) is 2.73. The molecule has 0 aliphatic rings. The van der Waals surface area contributed by atoms with Crippen LogP contribution >= 0.6 is 0 Å². The average Bonchev–Trinajstić information content (AvgIpc) is 2.94. The van der Waals surface area contributed by atoms with Crippen molar-refractivity contribution in [2.24, 2.45) is 7.05 Å². The number of aromatic nitrogens is 2. The van der Waals surface area contributed by atoms with Gasteiger partial charge in [-0.25, -0.2) is 0 Å². The van der Waals surface area contributed by atoms with E-state index in [2.05, 4.69) is 23.4 Å². The van der Waals surface area contributed by atoms with Crippen LogP contribution in [0.5, 0.6) is 5.75 Å². The van der Waals surface area contributed by atoms with Gasteiger partial charge in [0, 0.05) is 12.6 Å². The van der Waals surface area contributed by atoms with Crippen molar-refractivity contribution in [1.29, 1.82) is 0 Å². The number of hydrogen-bond donors (Lipinski definition) is 1. The Bertz CT molecular complexity index is 572. The van der Waals surface area contributed by atoms with Gasteiger partial charge in [-0.3, -0.25) is 4.68 Å². The van der Waals surface area contributed by atoms with Gasteiger partial charge in [0.2, 0.25) is 0 Å². The van der Waals surface area contributed by atoms with E-state index < -0.39 is 0 Å². The summed E-state index contributed by atoms with van der Waals surface area (Å²) in [6, 6.07) is 2.10. The lowest BCUT2D eigenvalue weighted by atomic mass is 10.0. The van der Waals surface area contributed by atoms with E-state index in [1.807, 2.05) is 25.6 Å². The van der Waals surface area contributed by atoms with Crippen LogP contribution < -0.4 is 10.1 Å². The second-order valence-electron chi connectivity index (χ2n) is 4.98. The van der Waals surface area contributed by atoms with Gasteiger partial charge in [0.05, 0.1) is 19.3 Å². The average molecular weight is 277 g/mol. The van der Waals surface area contributed by atoms with Crippen LogP contribution in [0.2, 0.25) is 0 Å². The number of nitrogens with one attached hydrogen (secondary N) is 1. The molecular weight excluding hydrogens is 254 g/mol. The van der Waals surface area contributed by atoms with E-state index in [0.29, 0.717) is 0 Å². The number of methoxy groups -OCH3 is 1. The van der Waals surface area contributed by atoms with Crippen LogP contribution in [0, 0.1) is 13.8 Å². The Morgan fingerprint density at radius 2 is 2.20 bits per heavy atom. The van der Waals surface area contributed by atoms with Crippen LogP contribution in [-0.2, 0) is 7.05 Å². The highest BCUT2D eigenvalue weighted by molar-refractivity contribution is 5.38. The number of aryl methyl sites for hydroxylation is 3. The van der Waals surface area contributed by atoms with Crippen molar-refractivity contribution in [2.45, 2.75) is 33.2 Å². The molecule has 2 rings (SSSR count). The third kappa shape index (κ3) is 2.72. The molecule has 5 nitrogen and oxygen atoms in total. The third-order valence-corrected chi connectivity index (χ3v) is 3.43. The molecule has 0 aliphatic carbocycles. The Balaban J connectivity index is 2.46. The second-order valence-corrected chi connectivity index (χ2v) is 4.98. The SMILES string of the molecule is CCCNC(c1cc(C)oc1C)c1c(OC)cnn1C. The number of furan rings is 1. The van der Waals surface area contributed by atoms with Crippen LogP contribution in [0.25, 0.3) is 0 Å². The van der Waals surface area contributed by atoms with Crippen molar-refractivity contribution in [3.8, 4) is 5.75 Å². The second kappa shape index (κ2) is 6.13. The molecular formula is C15H23N3O2. The summed E-state index contributed by atoms with van der Waals surface area (Å²) in [7, 11) is 3.60. The summed E-state index contributed by atoms with van der Waals surface area (Å²) in [5.74, 6) is 2.64. The topological polar surface area (TPSA) is 52.2 Å². The first-order chi connectivity index (χ1) is 9.58. The lowest BCUT2D eigenvalue weighted by molar-refractivity contribution is 0.399. The highest BCUT2D eigenvalue weighted by Gasteiger charge is 2.25. The van der Waals surface area contributed by atoms with E-state index in [-0.39, 0.29) is 6.04 Å². The molecule has 1 N–H and O–H groups in total. The maximum atomic E-state index is 5.68. The normalized spacial score (nSPS) is 12.7. The van der Waals surface area contributed by atoms with Crippen molar-refractivity contribution in [3.05, 3.63) is 35.0 Å². The number of nitrogens with zero attached hydrogens (tertiary/aromatic N) is 2. The minimum atomic E-state index is 0.0230. The van der Waals surface area contributed by atoms with Crippen molar-refractivity contribution < 1.29 is 9.15 Å². The lowest BCUT2D eigenvalue weighted by Gasteiger charge is -2.19. The fourth-order valence-electron chi connectivity index (χ4n) is 2.49. The quantitative estimate of drug-likeness (QED) is 0.882. The van der Waals surface area contributed by atoms with Crippen molar-refractivity contribution in [1.82, 2.24) is 15.1 Å². The molecule has 20 heavy (non-hydrogen) atoms. The Labute approximate surface area is 119 Å². The molecule has 110 valence electrons. The number of ether oxygens (including phenoxy) is 1. The maximum Gasteiger partial charge on any atom is 0.161 e. The zero-order chi connectivity index (χ0) is 14.7. The van der Waals surface area contributed by atoms with E-state index in [1.54, 1.807) is 13.3 Å². The van der Waals surface area contributed by atoms with Gasteiger partial charge < -0.3 is 14.5 Å². The minimum Gasteiger partial charge on any atom is -0.493 e. The minimum absolute atomic E-state index is 0.0230. The van der Waals surface area contributed by atoms with Crippen LogP contribution in [-0.4, -0.2) is 23.4 Å².